The Labute approximate surface area is 137 Å². The van der Waals surface area contributed by atoms with Crippen LogP contribution in [0.3, 0.4) is 0 Å². The lowest BCUT2D eigenvalue weighted by Gasteiger charge is -2.28. The van der Waals surface area contributed by atoms with Crippen molar-refractivity contribution in [1.29, 1.82) is 0 Å². The molecular formula is C19H23BO3. The lowest BCUT2D eigenvalue weighted by Crippen LogP contribution is -2.44. The molecule has 0 saturated heterocycles. The van der Waals surface area contributed by atoms with E-state index < -0.39 is 7.12 Å². The van der Waals surface area contributed by atoms with E-state index in [2.05, 4.69) is 32.9 Å². The summed E-state index contributed by atoms with van der Waals surface area (Å²) >= 11 is 0. The van der Waals surface area contributed by atoms with Crippen LogP contribution in [-0.4, -0.2) is 19.3 Å². The Hall–Kier alpha value is -1.78. The van der Waals surface area contributed by atoms with Crippen LogP contribution in [0, 0.1) is 0 Å². The van der Waals surface area contributed by atoms with Crippen molar-refractivity contribution in [3.8, 4) is 0 Å². The fourth-order valence-corrected chi connectivity index (χ4v) is 2.67. The van der Waals surface area contributed by atoms with E-state index in [1.54, 1.807) is 0 Å². The second-order valence-electron chi connectivity index (χ2n) is 6.34. The summed E-state index contributed by atoms with van der Waals surface area (Å²) in [6, 6.07) is 14.2. The molecule has 1 heterocycles. The highest BCUT2D eigenvalue weighted by Crippen LogP contribution is 2.28. The molecule has 3 aromatic rings. The first kappa shape index (κ1) is 16.1. The Morgan fingerprint density at radius 2 is 1.74 bits per heavy atom. The quantitative estimate of drug-likeness (QED) is 0.627. The molecular weight excluding hydrogens is 287 g/mol. The standard InChI is InChI=1S/C19H23BO3/c1-5-19(3,4)23-20(21-6-2)16-12-9-11-15-14-10-7-8-13-17(14)22-18(15)16/h7-13H,5-6H2,1-4H3. The van der Waals surface area contributed by atoms with Gasteiger partial charge in [-0.1, -0.05) is 43.3 Å². The highest BCUT2D eigenvalue weighted by atomic mass is 16.6. The van der Waals surface area contributed by atoms with Crippen molar-refractivity contribution in [3.63, 3.8) is 0 Å². The first-order valence-electron chi connectivity index (χ1n) is 8.25. The number of benzene rings is 2. The second-order valence-corrected chi connectivity index (χ2v) is 6.34. The first-order chi connectivity index (χ1) is 11.1. The zero-order valence-electron chi connectivity index (χ0n) is 14.3. The third-order valence-electron chi connectivity index (χ3n) is 4.28. The van der Waals surface area contributed by atoms with E-state index >= 15 is 0 Å². The van der Waals surface area contributed by atoms with Gasteiger partial charge in [0.15, 0.2) is 0 Å². The molecule has 2 aromatic carbocycles. The molecule has 4 heteroatoms. The van der Waals surface area contributed by atoms with E-state index in [1.807, 2.05) is 37.3 Å². The van der Waals surface area contributed by atoms with Crippen molar-refractivity contribution in [2.75, 3.05) is 6.61 Å². The molecule has 120 valence electrons. The van der Waals surface area contributed by atoms with Crippen LogP contribution in [0.25, 0.3) is 21.9 Å². The Morgan fingerprint density at radius 3 is 2.48 bits per heavy atom. The molecule has 0 bridgehead atoms. The minimum atomic E-state index is -0.431. The van der Waals surface area contributed by atoms with Gasteiger partial charge in [-0.2, -0.15) is 0 Å². The average Bonchev–Trinajstić information content (AvgIpc) is 2.93. The molecule has 3 nitrogen and oxygen atoms in total. The first-order valence-corrected chi connectivity index (χ1v) is 8.25. The number of fused-ring (bicyclic) bond motifs is 3. The van der Waals surface area contributed by atoms with E-state index in [9.17, 15) is 0 Å². The smallest absolute Gasteiger partial charge is 0.456 e. The van der Waals surface area contributed by atoms with E-state index in [0.29, 0.717) is 6.61 Å². The lowest BCUT2D eigenvalue weighted by atomic mass is 9.76. The molecule has 0 unspecified atom stereocenters. The summed E-state index contributed by atoms with van der Waals surface area (Å²) in [5.41, 5.74) is 2.43. The van der Waals surface area contributed by atoms with Crippen LogP contribution >= 0.6 is 0 Å². The van der Waals surface area contributed by atoms with Gasteiger partial charge in [-0.25, -0.2) is 0 Å². The third-order valence-corrected chi connectivity index (χ3v) is 4.28. The summed E-state index contributed by atoms with van der Waals surface area (Å²) in [7, 11) is -0.431. The summed E-state index contributed by atoms with van der Waals surface area (Å²) in [5, 5.41) is 2.22. The molecule has 0 amide bonds. The van der Waals surface area contributed by atoms with Gasteiger partial charge in [-0.05, 0) is 33.3 Å². The van der Waals surface area contributed by atoms with Gasteiger partial charge >= 0.3 is 7.12 Å². The summed E-state index contributed by atoms with van der Waals surface area (Å²) in [4.78, 5) is 0. The van der Waals surface area contributed by atoms with E-state index in [4.69, 9.17) is 13.7 Å². The molecule has 0 spiro atoms. The molecule has 0 fully saturated rings. The normalized spacial score (nSPS) is 12.2. The fourth-order valence-electron chi connectivity index (χ4n) is 2.67. The maximum absolute atomic E-state index is 6.24. The Morgan fingerprint density at radius 1 is 1.00 bits per heavy atom. The summed E-state index contributed by atoms with van der Waals surface area (Å²) in [5.74, 6) is 0. The van der Waals surface area contributed by atoms with Gasteiger partial charge in [-0.15, -0.1) is 0 Å². The largest absolute Gasteiger partial charge is 0.498 e. The van der Waals surface area contributed by atoms with E-state index in [-0.39, 0.29) is 5.60 Å². The molecule has 0 aliphatic carbocycles. The minimum Gasteiger partial charge on any atom is -0.456 e. The molecule has 0 radical (unpaired) electrons. The molecule has 23 heavy (non-hydrogen) atoms. The minimum absolute atomic E-state index is 0.256. The number of para-hydroxylation sites is 2. The van der Waals surface area contributed by atoms with Crippen LogP contribution in [0.2, 0.25) is 0 Å². The van der Waals surface area contributed by atoms with Crippen molar-refractivity contribution in [3.05, 3.63) is 42.5 Å². The van der Waals surface area contributed by atoms with Gasteiger partial charge in [-0.3, -0.25) is 0 Å². The average molecular weight is 310 g/mol. The summed E-state index contributed by atoms with van der Waals surface area (Å²) in [6.07, 6.45) is 0.909. The SMILES string of the molecule is CCOB(OC(C)(C)CC)c1cccc2c1oc1ccccc12. The molecule has 0 aliphatic heterocycles. The van der Waals surface area contributed by atoms with Crippen molar-refractivity contribution < 1.29 is 13.7 Å². The van der Waals surface area contributed by atoms with Gasteiger partial charge in [0.2, 0.25) is 0 Å². The van der Waals surface area contributed by atoms with Crippen LogP contribution in [0.4, 0.5) is 0 Å². The van der Waals surface area contributed by atoms with Crippen molar-refractivity contribution in [2.24, 2.45) is 0 Å². The lowest BCUT2D eigenvalue weighted by molar-refractivity contribution is 0.0707. The van der Waals surface area contributed by atoms with Crippen LogP contribution in [0.5, 0.6) is 0 Å². The molecule has 0 atom stereocenters. The number of hydrogen-bond donors (Lipinski definition) is 0. The number of furan rings is 1. The van der Waals surface area contributed by atoms with Crippen LogP contribution in [0.1, 0.15) is 34.1 Å². The fraction of sp³-hybridized carbons (Fsp3) is 0.368. The zero-order chi connectivity index (χ0) is 16.4. The van der Waals surface area contributed by atoms with Crippen LogP contribution in [0.15, 0.2) is 46.9 Å². The van der Waals surface area contributed by atoms with Gasteiger partial charge < -0.3 is 13.7 Å². The number of hydrogen-bond acceptors (Lipinski definition) is 3. The molecule has 0 saturated carbocycles. The van der Waals surface area contributed by atoms with Gasteiger partial charge in [0.1, 0.15) is 11.2 Å². The second kappa shape index (κ2) is 6.38. The zero-order valence-corrected chi connectivity index (χ0v) is 14.3. The summed E-state index contributed by atoms with van der Waals surface area (Å²) in [6.45, 7) is 8.84. The summed E-state index contributed by atoms with van der Waals surface area (Å²) < 4.78 is 18.2. The maximum atomic E-state index is 6.24. The van der Waals surface area contributed by atoms with E-state index in [1.165, 1.54) is 0 Å². The maximum Gasteiger partial charge on any atom is 0.498 e. The Balaban J connectivity index is 2.12. The predicted molar refractivity (Wildman–Crippen MR) is 96.2 cm³/mol. The highest BCUT2D eigenvalue weighted by Gasteiger charge is 2.31. The van der Waals surface area contributed by atoms with Gasteiger partial charge in [0.25, 0.3) is 0 Å². The molecule has 1 aromatic heterocycles. The van der Waals surface area contributed by atoms with Crippen molar-refractivity contribution in [2.45, 2.75) is 39.7 Å². The Bertz CT molecular complexity index is 807. The monoisotopic (exact) mass is 310 g/mol. The highest BCUT2D eigenvalue weighted by molar-refractivity contribution is 6.64. The third kappa shape index (κ3) is 3.14. The predicted octanol–water partition coefficient (Wildman–Crippen LogP) is 4.52. The van der Waals surface area contributed by atoms with Gasteiger partial charge in [0.05, 0.1) is 0 Å². The number of rotatable bonds is 6. The van der Waals surface area contributed by atoms with Crippen molar-refractivity contribution >= 4 is 34.5 Å². The topological polar surface area (TPSA) is 31.6 Å². The van der Waals surface area contributed by atoms with E-state index in [0.717, 1.165) is 33.8 Å². The molecule has 0 N–H and O–H groups in total. The van der Waals surface area contributed by atoms with Gasteiger partial charge in [0, 0.05) is 28.4 Å². The van der Waals surface area contributed by atoms with Crippen LogP contribution in [-0.2, 0) is 9.31 Å². The van der Waals surface area contributed by atoms with Crippen molar-refractivity contribution in [1.82, 2.24) is 0 Å². The molecule has 0 aliphatic rings. The Kier molecular flexibility index (Phi) is 4.47. The molecule has 3 rings (SSSR count). The van der Waals surface area contributed by atoms with Crippen LogP contribution < -0.4 is 5.46 Å².